The van der Waals surface area contributed by atoms with Crippen LogP contribution in [-0.2, 0) is 5.16 Å². The van der Waals surface area contributed by atoms with Crippen molar-refractivity contribution in [3.05, 3.63) is 48.0 Å². The molecule has 2 aromatic carbocycles. The fourth-order valence-electron chi connectivity index (χ4n) is 4.36. The van der Waals surface area contributed by atoms with E-state index in [1.165, 1.54) is 11.6 Å². The zero-order chi connectivity index (χ0) is 21.4. The first-order valence-corrected chi connectivity index (χ1v) is 18.4. The van der Waals surface area contributed by atoms with Gasteiger partial charge in [-0.05, 0) is 36.6 Å². The molecule has 0 saturated heterocycles. The third-order valence-electron chi connectivity index (χ3n) is 6.21. The van der Waals surface area contributed by atoms with Gasteiger partial charge in [-0.2, -0.15) is 0 Å². The van der Waals surface area contributed by atoms with E-state index in [2.05, 4.69) is 91.0 Å². The predicted octanol–water partition coefficient (Wildman–Crippen LogP) is 5.57. The molecule has 0 spiro atoms. The molecule has 0 amide bonds. The molecule has 0 aliphatic heterocycles. The van der Waals surface area contributed by atoms with Crippen LogP contribution in [0.15, 0.2) is 42.5 Å². The summed E-state index contributed by atoms with van der Waals surface area (Å²) in [6, 6.07) is 15.0. The van der Waals surface area contributed by atoms with Crippen LogP contribution in [-0.4, -0.2) is 27.4 Å². The van der Waals surface area contributed by atoms with E-state index in [0.29, 0.717) is 5.75 Å². The molecule has 0 radical (unpaired) electrons. The summed E-state index contributed by atoms with van der Waals surface area (Å²) in [4.78, 5) is 0. The summed E-state index contributed by atoms with van der Waals surface area (Å²) in [5, 5.41) is 13.6. The standard InChI is InChI=1S/C24H37O2PSi2/c1-28(2,3)19-12-9-11-18(17-19)26-22-15-7-8-16-24(22,27)20-13-10-14-21(23(20)25)29(4,5)6/h9-14,17,22,25H,7-8,15-16,27H2,1-6H3. The Labute approximate surface area is 181 Å². The Bertz CT molecular complexity index is 870. The van der Waals surface area contributed by atoms with E-state index in [0.717, 1.165) is 35.8 Å². The lowest BCUT2D eigenvalue weighted by molar-refractivity contribution is 0.111. The molecule has 29 heavy (non-hydrogen) atoms. The summed E-state index contributed by atoms with van der Waals surface area (Å²) < 4.78 is 6.64. The molecule has 3 atom stereocenters. The second kappa shape index (κ2) is 8.21. The Kier molecular flexibility index (Phi) is 6.39. The van der Waals surface area contributed by atoms with Crippen LogP contribution in [0.3, 0.4) is 0 Å². The summed E-state index contributed by atoms with van der Waals surface area (Å²) in [6.07, 6.45) is 4.40. The number of hydrogen-bond donors (Lipinski definition) is 1. The van der Waals surface area contributed by atoms with E-state index in [1.807, 2.05) is 0 Å². The molecule has 0 bridgehead atoms. The number of ether oxygens (including phenoxy) is 1. The van der Waals surface area contributed by atoms with Crippen molar-refractivity contribution < 1.29 is 9.84 Å². The third-order valence-corrected chi connectivity index (χ3v) is 11.2. The van der Waals surface area contributed by atoms with Crippen LogP contribution in [0.1, 0.15) is 31.2 Å². The molecule has 1 N–H and O–H groups in total. The van der Waals surface area contributed by atoms with Gasteiger partial charge in [0.05, 0.1) is 21.3 Å². The lowest BCUT2D eigenvalue weighted by atomic mass is 9.80. The van der Waals surface area contributed by atoms with E-state index >= 15 is 0 Å². The molecule has 2 nitrogen and oxygen atoms in total. The number of phenolic OH excluding ortho intramolecular Hbond substituents is 1. The van der Waals surface area contributed by atoms with Crippen molar-refractivity contribution in [3.63, 3.8) is 0 Å². The third kappa shape index (κ3) is 4.81. The highest BCUT2D eigenvalue weighted by Crippen LogP contribution is 2.49. The van der Waals surface area contributed by atoms with Crippen LogP contribution in [0.4, 0.5) is 0 Å². The molecule has 3 rings (SSSR count). The Morgan fingerprint density at radius 3 is 2.31 bits per heavy atom. The van der Waals surface area contributed by atoms with Crippen molar-refractivity contribution in [2.75, 3.05) is 0 Å². The number of para-hydroxylation sites is 1. The molecule has 2 aromatic rings. The Morgan fingerprint density at radius 2 is 1.66 bits per heavy atom. The Hall–Kier alpha value is -1.10. The van der Waals surface area contributed by atoms with Crippen LogP contribution < -0.4 is 15.1 Å². The van der Waals surface area contributed by atoms with E-state index < -0.39 is 16.1 Å². The summed E-state index contributed by atoms with van der Waals surface area (Å²) in [7, 11) is 0.0724. The number of benzene rings is 2. The first-order valence-electron chi connectivity index (χ1n) is 10.8. The minimum absolute atomic E-state index is 0.0425. The zero-order valence-electron chi connectivity index (χ0n) is 18.9. The normalized spacial score (nSPS) is 23.1. The van der Waals surface area contributed by atoms with Gasteiger partial charge in [0.1, 0.15) is 17.6 Å². The lowest BCUT2D eigenvalue weighted by Gasteiger charge is -2.42. The zero-order valence-corrected chi connectivity index (χ0v) is 22.0. The van der Waals surface area contributed by atoms with Gasteiger partial charge in [-0.15, -0.1) is 9.24 Å². The molecule has 1 fully saturated rings. The fourth-order valence-corrected chi connectivity index (χ4v) is 7.65. The topological polar surface area (TPSA) is 29.5 Å². The van der Waals surface area contributed by atoms with Gasteiger partial charge < -0.3 is 9.84 Å². The number of phenols is 1. The van der Waals surface area contributed by atoms with Gasteiger partial charge in [-0.3, -0.25) is 0 Å². The van der Waals surface area contributed by atoms with E-state index in [9.17, 15) is 5.11 Å². The average Bonchev–Trinajstić information content (AvgIpc) is 2.62. The van der Waals surface area contributed by atoms with Crippen molar-refractivity contribution in [2.45, 2.75) is 76.2 Å². The number of hydrogen-bond acceptors (Lipinski definition) is 2. The van der Waals surface area contributed by atoms with Gasteiger partial charge in [0.2, 0.25) is 0 Å². The molecule has 0 aromatic heterocycles. The largest absolute Gasteiger partial charge is 0.508 e. The number of aromatic hydroxyl groups is 1. The maximum atomic E-state index is 11.2. The molecule has 5 heteroatoms. The summed E-state index contributed by atoms with van der Waals surface area (Å²) >= 11 is 0. The average molecular weight is 445 g/mol. The van der Waals surface area contributed by atoms with E-state index in [1.54, 1.807) is 0 Å². The first-order chi connectivity index (χ1) is 13.4. The van der Waals surface area contributed by atoms with Crippen molar-refractivity contribution in [3.8, 4) is 11.5 Å². The summed E-state index contributed by atoms with van der Waals surface area (Å²) in [5.41, 5.74) is 1.04. The Balaban J connectivity index is 1.98. The highest BCUT2D eigenvalue weighted by Gasteiger charge is 2.42. The molecule has 1 aliphatic rings. The van der Waals surface area contributed by atoms with Crippen LogP contribution >= 0.6 is 9.24 Å². The molecule has 1 saturated carbocycles. The second-order valence-corrected chi connectivity index (χ2v) is 21.8. The first kappa shape index (κ1) is 22.6. The van der Waals surface area contributed by atoms with E-state index in [4.69, 9.17) is 4.74 Å². The van der Waals surface area contributed by atoms with Gasteiger partial charge in [-0.25, -0.2) is 0 Å². The summed E-state index contributed by atoms with van der Waals surface area (Å²) in [5.74, 6) is 1.46. The summed E-state index contributed by atoms with van der Waals surface area (Å²) in [6.45, 7) is 14.0. The van der Waals surface area contributed by atoms with Crippen LogP contribution in [0.5, 0.6) is 11.5 Å². The monoisotopic (exact) mass is 444 g/mol. The maximum Gasteiger partial charge on any atom is 0.119 e. The minimum atomic E-state index is -1.63. The SMILES string of the molecule is C[Si](C)(C)c1cccc(OC2CCCCC2(P)c2cccc([Si](C)(C)C)c2O)c1. The van der Waals surface area contributed by atoms with Crippen molar-refractivity contribution >= 4 is 35.8 Å². The minimum Gasteiger partial charge on any atom is -0.508 e. The second-order valence-electron chi connectivity index (χ2n) is 10.6. The maximum absolute atomic E-state index is 11.2. The van der Waals surface area contributed by atoms with Crippen molar-refractivity contribution in [1.29, 1.82) is 0 Å². The lowest BCUT2D eigenvalue weighted by Crippen LogP contribution is -2.44. The van der Waals surface area contributed by atoms with Crippen LogP contribution in [0.25, 0.3) is 0 Å². The van der Waals surface area contributed by atoms with Gasteiger partial charge >= 0.3 is 0 Å². The highest BCUT2D eigenvalue weighted by molar-refractivity contribution is 7.18. The van der Waals surface area contributed by atoms with Crippen LogP contribution in [0, 0.1) is 0 Å². The fraction of sp³-hybridized carbons (Fsp3) is 0.500. The predicted molar refractivity (Wildman–Crippen MR) is 135 cm³/mol. The molecule has 1 aliphatic carbocycles. The Morgan fingerprint density at radius 1 is 0.966 bits per heavy atom. The molecule has 3 unspecified atom stereocenters. The number of rotatable bonds is 5. The van der Waals surface area contributed by atoms with Gasteiger partial charge in [0.25, 0.3) is 0 Å². The highest BCUT2D eigenvalue weighted by atomic mass is 31.0. The van der Waals surface area contributed by atoms with Gasteiger partial charge in [0.15, 0.2) is 0 Å². The quantitative estimate of drug-likeness (QED) is 0.482. The van der Waals surface area contributed by atoms with E-state index in [-0.39, 0.29) is 11.3 Å². The molecular formula is C24H37O2PSi2. The molecule has 158 valence electrons. The van der Waals surface area contributed by atoms with Crippen molar-refractivity contribution in [1.82, 2.24) is 0 Å². The van der Waals surface area contributed by atoms with Crippen molar-refractivity contribution in [2.24, 2.45) is 0 Å². The smallest absolute Gasteiger partial charge is 0.119 e. The van der Waals surface area contributed by atoms with Gasteiger partial charge in [0, 0.05) is 5.56 Å². The van der Waals surface area contributed by atoms with Gasteiger partial charge in [-0.1, -0.05) is 81.2 Å². The molecule has 0 heterocycles. The molecular weight excluding hydrogens is 407 g/mol. The van der Waals surface area contributed by atoms with Crippen LogP contribution in [0.2, 0.25) is 39.3 Å².